The van der Waals surface area contributed by atoms with Crippen molar-refractivity contribution in [1.29, 1.82) is 0 Å². The van der Waals surface area contributed by atoms with Gasteiger partial charge in [-0.25, -0.2) is 5.43 Å². The van der Waals surface area contributed by atoms with E-state index in [1.807, 2.05) is 37.3 Å². The van der Waals surface area contributed by atoms with Crippen molar-refractivity contribution in [2.75, 3.05) is 20.0 Å². The molecule has 5 nitrogen and oxygen atoms in total. The largest absolute Gasteiger partial charge is 0.493 e. The monoisotopic (exact) mass is 344 g/mol. The van der Waals surface area contributed by atoms with Crippen LogP contribution < -0.4 is 14.9 Å². The van der Waals surface area contributed by atoms with Crippen LogP contribution in [0.25, 0.3) is 0 Å². The number of nitrogens with one attached hydrogen (secondary N) is 1. The van der Waals surface area contributed by atoms with Crippen molar-refractivity contribution >= 4 is 23.9 Å². The van der Waals surface area contributed by atoms with Gasteiger partial charge in [-0.1, -0.05) is 17.7 Å². The summed E-state index contributed by atoms with van der Waals surface area (Å²) in [4.78, 5) is 12.9. The number of ether oxygens (including phenoxy) is 2. The molecule has 0 unspecified atom stereocenters. The summed E-state index contributed by atoms with van der Waals surface area (Å²) in [6.45, 7) is 2.03. The quantitative estimate of drug-likeness (QED) is 0.476. The summed E-state index contributed by atoms with van der Waals surface area (Å²) in [7, 11) is 3.15. The molecule has 1 N–H and O–H groups in total. The van der Waals surface area contributed by atoms with Gasteiger partial charge in [-0.2, -0.15) is 5.10 Å². The van der Waals surface area contributed by atoms with E-state index in [2.05, 4.69) is 10.5 Å². The van der Waals surface area contributed by atoms with Crippen LogP contribution in [0.1, 0.15) is 11.1 Å². The number of hydrazone groups is 1. The minimum Gasteiger partial charge on any atom is -0.493 e. The topological polar surface area (TPSA) is 59.9 Å². The van der Waals surface area contributed by atoms with Crippen LogP contribution in [-0.4, -0.2) is 32.1 Å². The van der Waals surface area contributed by atoms with Gasteiger partial charge in [-0.3, -0.25) is 4.79 Å². The molecule has 0 aliphatic heterocycles. The van der Waals surface area contributed by atoms with E-state index in [0.717, 1.165) is 10.5 Å². The molecule has 0 aromatic heterocycles. The van der Waals surface area contributed by atoms with E-state index in [0.29, 0.717) is 17.3 Å². The Bertz CT molecular complexity index is 715. The highest BCUT2D eigenvalue weighted by molar-refractivity contribution is 8.00. The molecule has 2 aromatic carbocycles. The predicted molar refractivity (Wildman–Crippen MR) is 97.2 cm³/mol. The van der Waals surface area contributed by atoms with Gasteiger partial charge < -0.3 is 9.47 Å². The number of thioether (sulfide) groups is 1. The number of aryl methyl sites for hydroxylation is 1. The van der Waals surface area contributed by atoms with E-state index in [1.165, 1.54) is 17.3 Å². The lowest BCUT2D eigenvalue weighted by Crippen LogP contribution is -2.19. The van der Waals surface area contributed by atoms with Gasteiger partial charge in [0.2, 0.25) is 5.91 Å². The van der Waals surface area contributed by atoms with Gasteiger partial charge in [0.15, 0.2) is 11.5 Å². The van der Waals surface area contributed by atoms with Crippen molar-refractivity contribution in [1.82, 2.24) is 5.43 Å². The Balaban J connectivity index is 1.84. The average molecular weight is 344 g/mol. The summed E-state index contributed by atoms with van der Waals surface area (Å²) < 4.78 is 10.4. The summed E-state index contributed by atoms with van der Waals surface area (Å²) in [5, 5.41) is 3.96. The molecule has 0 fully saturated rings. The maximum atomic E-state index is 11.8. The van der Waals surface area contributed by atoms with Gasteiger partial charge in [0.1, 0.15) is 0 Å². The maximum Gasteiger partial charge on any atom is 0.250 e. The molecule has 2 aromatic rings. The van der Waals surface area contributed by atoms with Gasteiger partial charge in [-0.15, -0.1) is 11.8 Å². The summed E-state index contributed by atoms with van der Waals surface area (Å²) in [5.74, 6) is 1.42. The van der Waals surface area contributed by atoms with Crippen LogP contribution in [0.5, 0.6) is 11.5 Å². The third kappa shape index (κ3) is 5.31. The molecule has 2 rings (SSSR count). The highest BCUT2D eigenvalue weighted by Crippen LogP contribution is 2.26. The van der Waals surface area contributed by atoms with Crippen LogP contribution in [0.4, 0.5) is 0 Å². The Kier molecular flexibility index (Phi) is 6.69. The smallest absolute Gasteiger partial charge is 0.250 e. The number of amides is 1. The molecule has 126 valence electrons. The second kappa shape index (κ2) is 8.98. The number of carbonyl (C=O) groups excluding carboxylic acids is 1. The van der Waals surface area contributed by atoms with Crippen LogP contribution in [-0.2, 0) is 4.79 Å². The van der Waals surface area contributed by atoms with Crippen molar-refractivity contribution in [3.63, 3.8) is 0 Å². The number of methoxy groups -OCH3 is 2. The molecule has 0 bridgehead atoms. The zero-order valence-corrected chi connectivity index (χ0v) is 14.7. The molecular formula is C18H20N2O3S. The van der Waals surface area contributed by atoms with Crippen molar-refractivity contribution < 1.29 is 14.3 Å². The molecule has 0 spiro atoms. The first kappa shape index (κ1) is 17.9. The van der Waals surface area contributed by atoms with Crippen molar-refractivity contribution in [3.05, 3.63) is 53.6 Å². The molecule has 0 saturated heterocycles. The van der Waals surface area contributed by atoms with Gasteiger partial charge in [-0.05, 0) is 42.8 Å². The van der Waals surface area contributed by atoms with E-state index >= 15 is 0 Å². The predicted octanol–water partition coefficient (Wildman–Crippen LogP) is 3.25. The molecule has 0 heterocycles. The van der Waals surface area contributed by atoms with Crippen LogP contribution >= 0.6 is 11.8 Å². The minimum absolute atomic E-state index is 0.155. The Morgan fingerprint density at radius 1 is 1.12 bits per heavy atom. The molecule has 0 aliphatic rings. The molecule has 0 saturated carbocycles. The van der Waals surface area contributed by atoms with Crippen LogP contribution in [0.3, 0.4) is 0 Å². The lowest BCUT2D eigenvalue weighted by Gasteiger charge is -2.07. The number of hydrogen-bond acceptors (Lipinski definition) is 5. The Morgan fingerprint density at radius 3 is 2.50 bits per heavy atom. The zero-order valence-electron chi connectivity index (χ0n) is 13.9. The second-order valence-electron chi connectivity index (χ2n) is 5.01. The van der Waals surface area contributed by atoms with Crippen LogP contribution in [0.2, 0.25) is 0 Å². The number of benzene rings is 2. The average Bonchev–Trinajstić information content (AvgIpc) is 2.61. The number of nitrogens with zero attached hydrogens (tertiary/aromatic N) is 1. The molecule has 0 atom stereocenters. The fourth-order valence-corrected chi connectivity index (χ4v) is 2.62. The lowest BCUT2D eigenvalue weighted by atomic mass is 10.2. The first-order valence-corrected chi connectivity index (χ1v) is 8.34. The van der Waals surface area contributed by atoms with Crippen molar-refractivity contribution in [3.8, 4) is 11.5 Å². The van der Waals surface area contributed by atoms with Gasteiger partial charge in [0, 0.05) is 4.90 Å². The van der Waals surface area contributed by atoms with E-state index in [9.17, 15) is 4.79 Å². The standard InChI is InChI=1S/C18H20N2O3S/c1-13-4-7-15(8-5-13)24-12-18(21)20-19-11-14-6-9-16(22-2)17(10-14)23-3/h4-11H,12H2,1-3H3,(H,20,21)/b19-11+. The van der Waals surface area contributed by atoms with Crippen LogP contribution in [0, 0.1) is 6.92 Å². The number of carbonyl (C=O) groups is 1. The summed E-state index contributed by atoms with van der Waals surface area (Å²) >= 11 is 1.47. The second-order valence-corrected chi connectivity index (χ2v) is 6.06. The van der Waals surface area contributed by atoms with E-state index in [4.69, 9.17) is 9.47 Å². The summed E-state index contributed by atoms with van der Waals surface area (Å²) in [5.41, 5.74) is 4.52. The minimum atomic E-state index is -0.155. The Morgan fingerprint density at radius 2 is 1.83 bits per heavy atom. The fraction of sp³-hybridized carbons (Fsp3) is 0.222. The molecule has 0 radical (unpaired) electrons. The number of hydrogen-bond donors (Lipinski definition) is 1. The fourth-order valence-electron chi connectivity index (χ4n) is 1.93. The first-order chi connectivity index (χ1) is 11.6. The maximum absolute atomic E-state index is 11.8. The number of rotatable bonds is 7. The lowest BCUT2D eigenvalue weighted by molar-refractivity contribution is -0.118. The molecule has 0 aliphatic carbocycles. The Labute approximate surface area is 146 Å². The molecule has 6 heteroatoms. The van der Waals surface area contributed by atoms with Crippen molar-refractivity contribution in [2.24, 2.45) is 5.10 Å². The van der Waals surface area contributed by atoms with Crippen molar-refractivity contribution in [2.45, 2.75) is 11.8 Å². The zero-order chi connectivity index (χ0) is 17.4. The van der Waals surface area contributed by atoms with Gasteiger partial charge >= 0.3 is 0 Å². The van der Waals surface area contributed by atoms with Gasteiger partial charge in [0.05, 0.1) is 26.2 Å². The SMILES string of the molecule is COc1ccc(/C=N/NC(=O)CSc2ccc(C)cc2)cc1OC. The Hall–Kier alpha value is -2.47. The van der Waals surface area contributed by atoms with Crippen LogP contribution in [0.15, 0.2) is 52.5 Å². The normalized spacial score (nSPS) is 10.6. The van der Waals surface area contributed by atoms with E-state index in [-0.39, 0.29) is 5.91 Å². The summed E-state index contributed by atoms with van der Waals surface area (Å²) in [6.07, 6.45) is 1.57. The highest BCUT2D eigenvalue weighted by Gasteiger charge is 2.04. The van der Waals surface area contributed by atoms with Gasteiger partial charge in [0.25, 0.3) is 0 Å². The molecule has 24 heavy (non-hydrogen) atoms. The first-order valence-electron chi connectivity index (χ1n) is 7.36. The third-order valence-corrected chi connectivity index (χ3v) is 4.21. The highest BCUT2D eigenvalue weighted by atomic mass is 32.2. The molecular weight excluding hydrogens is 324 g/mol. The van der Waals surface area contributed by atoms with E-state index in [1.54, 1.807) is 32.6 Å². The summed E-state index contributed by atoms with van der Waals surface area (Å²) in [6, 6.07) is 13.5. The van der Waals surface area contributed by atoms with E-state index < -0.39 is 0 Å². The third-order valence-electron chi connectivity index (χ3n) is 3.20. The molecule has 1 amide bonds.